The summed E-state index contributed by atoms with van der Waals surface area (Å²) in [6, 6.07) is 10.1. The molecule has 1 saturated heterocycles. The Kier molecular flexibility index (Phi) is 5.41. The predicted octanol–water partition coefficient (Wildman–Crippen LogP) is 1.96. The largest absolute Gasteiger partial charge is 0.493 e. The third-order valence-electron chi connectivity index (χ3n) is 3.89. The van der Waals surface area contributed by atoms with Gasteiger partial charge in [-0.05, 0) is 37.9 Å². The van der Waals surface area contributed by atoms with Crippen molar-refractivity contribution in [3.8, 4) is 5.75 Å². The van der Waals surface area contributed by atoms with Crippen LogP contribution < -0.4 is 15.4 Å². The Morgan fingerprint density at radius 2 is 2.10 bits per heavy atom. The molecule has 0 bridgehead atoms. The van der Waals surface area contributed by atoms with Crippen LogP contribution in [0.25, 0.3) is 0 Å². The van der Waals surface area contributed by atoms with Crippen molar-refractivity contribution >= 4 is 5.91 Å². The molecule has 0 radical (unpaired) electrons. The lowest BCUT2D eigenvalue weighted by atomic mass is 9.89. The van der Waals surface area contributed by atoms with Crippen LogP contribution in [-0.2, 0) is 4.79 Å². The summed E-state index contributed by atoms with van der Waals surface area (Å²) in [5.74, 6) is 1.39. The molecule has 1 aliphatic rings. The molecule has 2 rings (SSSR count). The average molecular weight is 276 g/mol. The third kappa shape index (κ3) is 4.23. The van der Waals surface area contributed by atoms with E-state index in [0.29, 0.717) is 25.0 Å². The average Bonchev–Trinajstić information content (AvgIpc) is 2.44. The van der Waals surface area contributed by atoms with Gasteiger partial charge in [0.2, 0.25) is 5.91 Å². The van der Waals surface area contributed by atoms with Gasteiger partial charge in [0.25, 0.3) is 0 Å². The second kappa shape index (κ2) is 7.29. The van der Waals surface area contributed by atoms with Crippen molar-refractivity contribution < 1.29 is 9.53 Å². The summed E-state index contributed by atoms with van der Waals surface area (Å²) >= 11 is 0. The van der Waals surface area contributed by atoms with Gasteiger partial charge in [0.15, 0.2) is 0 Å². The van der Waals surface area contributed by atoms with Gasteiger partial charge in [-0.3, -0.25) is 4.79 Å². The lowest BCUT2D eigenvalue weighted by Gasteiger charge is -2.36. The first-order valence-electron chi connectivity index (χ1n) is 7.37. The number of para-hydroxylation sites is 1. The Morgan fingerprint density at radius 3 is 2.80 bits per heavy atom. The van der Waals surface area contributed by atoms with Gasteiger partial charge in [0, 0.05) is 12.1 Å². The number of piperidine rings is 1. The summed E-state index contributed by atoms with van der Waals surface area (Å²) in [6.45, 7) is 5.77. The van der Waals surface area contributed by atoms with Gasteiger partial charge >= 0.3 is 0 Å². The SMILES string of the molecule is CC1CCNC(C)C1NC(=O)CCOc1ccccc1. The molecule has 1 aromatic rings. The van der Waals surface area contributed by atoms with E-state index in [0.717, 1.165) is 18.7 Å². The van der Waals surface area contributed by atoms with E-state index in [1.54, 1.807) is 0 Å². The van der Waals surface area contributed by atoms with Crippen LogP contribution in [0.5, 0.6) is 5.75 Å². The highest BCUT2D eigenvalue weighted by molar-refractivity contribution is 5.76. The number of amides is 1. The molecule has 2 N–H and O–H groups in total. The number of hydrogen-bond donors (Lipinski definition) is 2. The second-order valence-corrected chi connectivity index (χ2v) is 5.51. The van der Waals surface area contributed by atoms with Gasteiger partial charge in [-0.15, -0.1) is 0 Å². The molecule has 4 nitrogen and oxygen atoms in total. The van der Waals surface area contributed by atoms with Crippen LogP contribution in [0.1, 0.15) is 26.7 Å². The van der Waals surface area contributed by atoms with Crippen molar-refractivity contribution in [1.82, 2.24) is 10.6 Å². The molecule has 0 aliphatic carbocycles. The Morgan fingerprint density at radius 1 is 1.35 bits per heavy atom. The quantitative estimate of drug-likeness (QED) is 0.864. The molecule has 110 valence electrons. The van der Waals surface area contributed by atoms with Crippen molar-refractivity contribution in [1.29, 1.82) is 0 Å². The second-order valence-electron chi connectivity index (χ2n) is 5.51. The molecule has 3 atom stereocenters. The zero-order valence-electron chi connectivity index (χ0n) is 12.3. The summed E-state index contributed by atoms with van der Waals surface area (Å²) in [5.41, 5.74) is 0. The number of carbonyl (C=O) groups excluding carboxylic acids is 1. The Labute approximate surface area is 120 Å². The maximum absolute atomic E-state index is 12.0. The van der Waals surface area contributed by atoms with Gasteiger partial charge in [0.1, 0.15) is 5.75 Å². The van der Waals surface area contributed by atoms with E-state index in [4.69, 9.17) is 4.74 Å². The highest BCUT2D eigenvalue weighted by atomic mass is 16.5. The van der Waals surface area contributed by atoms with Gasteiger partial charge in [-0.25, -0.2) is 0 Å². The normalized spacial score (nSPS) is 26.0. The minimum Gasteiger partial charge on any atom is -0.493 e. The molecule has 1 aliphatic heterocycles. The summed E-state index contributed by atoms with van der Waals surface area (Å²) < 4.78 is 5.54. The van der Waals surface area contributed by atoms with Crippen LogP contribution >= 0.6 is 0 Å². The van der Waals surface area contributed by atoms with E-state index in [9.17, 15) is 4.79 Å². The standard InChI is InChI=1S/C16H24N2O2/c1-12-8-10-17-13(2)16(12)18-15(19)9-11-20-14-6-4-3-5-7-14/h3-7,12-13,16-17H,8-11H2,1-2H3,(H,18,19). The first-order chi connectivity index (χ1) is 9.66. The molecule has 1 fully saturated rings. The number of nitrogens with one attached hydrogen (secondary N) is 2. The number of hydrogen-bond acceptors (Lipinski definition) is 3. The van der Waals surface area contributed by atoms with Crippen LogP contribution in [0.15, 0.2) is 30.3 Å². The van der Waals surface area contributed by atoms with Gasteiger partial charge in [0.05, 0.1) is 13.0 Å². The van der Waals surface area contributed by atoms with E-state index in [2.05, 4.69) is 24.5 Å². The lowest BCUT2D eigenvalue weighted by Crippen LogP contribution is -2.56. The Bertz CT molecular complexity index is 412. The Balaban J connectivity index is 1.72. The highest BCUT2D eigenvalue weighted by Gasteiger charge is 2.28. The zero-order valence-corrected chi connectivity index (χ0v) is 12.3. The van der Waals surface area contributed by atoms with Gasteiger partial charge in [-0.1, -0.05) is 25.1 Å². The van der Waals surface area contributed by atoms with Crippen molar-refractivity contribution in [2.75, 3.05) is 13.2 Å². The van der Waals surface area contributed by atoms with Crippen LogP contribution in [0.2, 0.25) is 0 Å². The molecule has 0 saturated carbocycles. The van der Waals surface area contributed by atoms with Crippen molar-refractivity contribution in [2.45, 2.75) is 38.8 Å². The molecular formula is C16H24N2O2. The monoisotopic (exact) mass is 276 g/mol. The van der Waals surface area contributed by atoms with E-state index in [1.807, 2.05) is 30.3 Å². The van der Waals surface area contributed by atoms with Crippen LogP contribution in [0, 0.1) is 5.92 Å². The fourth-order valence-electron chi connectivity index (χ4n) is 2.64. The van der Waals surface area contributed by atoms with Crippen LogP contribution in [-0.4, -0.2) is 31.1 Å². The number of rotatable bonds is 5. The van der Waals surface area contributed by atoms with E-state index in [1.165, 1.54) is 0 Å². The number of carbonyl (C=O) groups is 1. The fraction of sp³-hybridized carbons (Fsp3) is 0.562. The summed E-state index contributed by atoms with van der Waals surface area (Å²) in [4.78, 5) is 12.0. The first-order valence-corrected chi connectivity index (χ1v) is 7.37. The van der Waals surface area contributed by atoms with Gasteiger partial charge in [-0.2, -0.15) is 0 Å². The van der Waals surface area contributed by atoms with Gasteiger partial charge < -0.3 is 15.4 Å². The van der Waals surface area contributed by atoms with Crippen molar-refractivity contribution in [3.63, 3.8) is 0 Å². The maximum Gasteiger partial charge on any atom is 0.223 e. The molecule has 4 heteroatoms. The summed E-state index contributed by atoms with van der Waals surface area (Å²) in [7, 11) is 0. The first kappa shape index (κ1) is 14.9. The fourth-order valence-corrected chi connectivity index (χ4v) is 2.64. The van der Waals surface area contributed by atoms with Crippen LogP contribution in [0.4, 0.5) is 0 Å². The smallest absolute Gasteiger partial charge is 0.223 e. The Hall–Kier alpha value is -1.55. The molecule has 0 spiro atoms. The van der Waals surface area contributed by atoms with Crippen molar-refractivity contribution in [3.05, 3.63) is 30.3 Å². The minimum absolute atomic E-state index is 0.0633. The lowest BCUT2D eigenvalue weighted by molar-refractivity contribution is -0.123. The minimum atomic E-state index is 0.0633. The maximum atomic E-state index is 12.0. The van der Waals surface area contributed by atoms with E-state index >= 15 is 0 Å². The van der Waals surface area contributed by atoms with E-state index < -0.39 is 0 Å². The van der Waals surface area contributed by atoms with Crippen LogP contribution in [0.3, 0.4) is 0 Å². The topological polar surface area (TPSA) is 50.4 Å². The third-order valence-corrected chi connectivity index (χ3v) is 3.89. The molecule has 20 heavy (non-hydrogen) atoms. The molecule has 3 unspecified atom stereocenters. The molecule has 1 amide bonds. The summed E-state index contributed by atoms with van der Waals surface area (Å²) in [5, 5.41) is 6.53. The zero-order chi connectivity index (χ0) is 14.4. The molecule has 1 aromatic carbocycles. The molecule has 0 aromatic heterocycles. The molecular weight excluding hydrogens is 252 g/mol. The predicted molar refractivity (Wildman–Crippen MR) is 79.7 cm³/mol. The number of benzene rings is 1. The number of ether oxygens (including phenoxy) is 1. The van der Waals surface area contributed by atoms with E-state index in [-0.39, 0.29) is 11.9 Å². The van der Waals surface area contributed by atoms with Crippen molar-refractivity contribution in [2.24, 2.45) is 5.92 Å². The summed E-state index contributed by atoms with van der Waals surface area (Å²) in [6.07, 6.45) is 1.50. The highest BCUT2D eigenvalue weighted by Crippen LogP contribution is 2.16. The molecule has 1 heterocycles.